The Bertz CT molecular complexity index is 610. The van der Waals surface area contributed by atoms with Crippen molar-refractivity contribution in [2.24, 2.45) is 5.92 Å². The highest BCUT2D eigenvalue weighted by molar-refractivity contribution is 5.74. The van der Waals surface area contributed by atoms with Gasteiger partial charge in [0.1, 0.15) is 11.6 Å². The van der Waals surface area contributed by atoms with Gasteiger partial charge < -0.3 is 20.1 Å². The molecule has 1 aliphatic carbocycles. The Morgan fingerprint density at radius 3 is 3.04 bits per heavy atom. The first-order chi connectivity index (χ1) is 11.5. The van der Waals surface area contributed by atoms with Crippen molar-refractivity contribution < 1.29 is 19.0 Å². The van der Waals surface area contributed by atoms with E-state index in [9.17, 15) is 14.3 Å². The molecule has 1 aromatic rings. The van der Waals surface area contributed by atoms with Crippen molar-refractivity contribution in [1.82, 2.24) is 10.2 Å². The van der Waals surface area contributed by atoms with Gasteiger partial charge in [-0.15, -0.1) is 0 Å². The fourth-order valence-corrected chi connectivity index (χ4v) is 3.89. The number of ether oxygens (including phenoxy) is 1. The highest BCUT2D eigenvalue weighted by Gasteiger charge is 2.43. The van der Waals surface area contributed by atoms with Crippen LogP contribution in [-0.4, -0.2) is 41.8 Å². The first-order valence-electron chi connectivity index (χ1n) is 8.59. The quantitative estimate of drug-likeness (QED) is 0.892. The third-order valence-electron chi connectivity index (χ3n) is 5.33. The van der Waals surface area contributed by atoms with E-state index in [0.717, 1.165) is 25.7 Å². The summed E-state index contributed by atoms with van der Waals surface area (Å²) in [5.41, 5.74) is 0.0664. The van der Waals surface area contributed by atoms with E-state index < -0.39 is 5.60 Å². The Morgan fingerprint density at radius 2 is 2.25 bits per heavy atom. The third kappa shape index (κ3) is 3.64. The predicted octanol–water partition coefficient (Wildman–Crippen LogP) is 2.67. The third-order valence-corrected chi connectivity index (χ3v) is 5.33. The van der Waals surface area contributed by atoms with Crippen LogP contribution in [0.5, 0.6) is 5.75 Å². The summed E-state index contributed by atoms with van der Waals surface area (Å²) in [5, 5.41) is 13.5. The molecule has 1 saturated heterocycles. The number of amides is 2. The Balaban J connectivity index is 1.57. The lowest BCUT2D eigenvalue weighted by atomic mass is 9.71. The van der Waals surface area contributed by atoms with E-state index in [2.05, 4.69) is 5.32 Å². The Kier molecular flexibility index (Phi) is 4.94. The number of rotatable bonds is 3. The van der Waals surface area contributed by atoms with E-state index >= 15 is 0 Å². The highest BCUT2D eigenvalue weighted by Crippen LogP contribution is 2.39. The molecule has 132 valence electrons. The molecule has 1 aliphatic heterocycles. The molecule has 1 heterocycles. The van der Waals surface area contributed by atoms with Crippen LogP contribution >= 0.6 is 0 Å². The Labute approximate surface area is 141 Å². The first kappa shape index (κ1) is 17.0. The van der Waals surface area contributed by atoms with Crippen LogP contribution in [0.25, 0.3) is 0 Å². The minimum Gasteiger partial charge on any atom is -0.497 e. The van der Waals surface area contributed by atoms with Gasteiger partial charge in [-0.1, -0.05) is 12.8 Å². The molecule has 3 rings (SSSR count). The molecule has 0 spiro atoms. The second-order valence-corrected chi connectivity index (χ2v) is 6.90. The van der Waals surface area contributed by atoms with Gasteiger partial charge in [-0.3, -0.25) is 0 Å². The highest BCUT2D eigenvalue weighted by atomic mass is 19.1. The zero-order valence-electron chi connectivity index (χ0n) is 14.1. The lowest BCUT2D eigenvalue weighted by molar-refractivity contribution is -0.0870. The molecular formula is C18H25FN2O3. The van der Waals surface area contributed by atoms with E-state index in [4.69, 9.17) is 4.74 Å². The number of hydrogen-bond donors (Lipinski definition) is 2. The molecule has 0 radical (unpaired) electrons. The average Bonchev–Trinajstić information content (AvgIpc) is 2.58. The summed E-state index contributed by atoms with van der Waals surface area (Å²) in [7, 11) is 1.48. The van der Waals surface area contributed by atoms with E-state index in [1.165, 1.54) is 19.2 Å². The van der Waals surface area contributed by atoms with E-state index in [0.29, 0.717) is 30.8 Å². The maximum atomic E-state index is 13.5. The van der Waals surface area contributed by atoms with Crippen LogP contribution in [0.2, 0.25) is 0 Å². The van der Waals surface area contributed by atoms with Gasteiger partial charge in [0.2, 0.25) is 0 Å². The van der Waals surface area contributed by atoms with Gasteiger partial charge in [-0.2, -0.15) is 0 Å². The summed E-state index contributed by atoms with van der Waals surface area (Å²) in [4.78, 5) is 14.2. The van der Waals surface area contributed by atoms with E-state index in [1.807, 2.05) is 0 Å². The van der Waals surface area contributed by atoms with Crippen molar-refractivity contribution in [2.45, 2.75) is 44.2 Å². The van der Waals surface area contributed by atoms with Crippen LogP contribution in [0.4, 0.5) is 9.18 Å². The number of likely N-dealkylation sites (tertiary alicyclic amines) is 1. The minimum atomic E-state index is -0.592. The number of methoxy groups -OCH3 is 1. The van der Waals surface area contributed by atoms with Gasteiger partial charge in [0, 0.05) is 31.6 Å². The molecular weight excluding hydrogens is 311 g/mol. The second kappa shape index (κ2) is 6.97. The molecule has 5 nitrogen and oxygen atoms in total. The number of piperidine rings is 1. The molecule has 2 atom stereocenters. The number of carbonyl (C=O) groups excluding carboxylic acids is 1. The van der Waals surface area contributed by atoms with Gasteiger partial charge in [0.05, 0.1) is 12.7 Å². The first-order valence-corrected chi connectivity index (χ1v) is 8.59. The summed E-state index contributed by atoms with van der Waals surface area (Å²) in [6, 6.07) is 4.24. The number of carbonyl (C=O) groups is 1. The molecule has 1 aromatic carbocycles. The SMILES string of the molecule is COc1cc(F)cc(CNC(=O)N2CCC3(O)CCCCC3C2)c1. The zero-order chi connectivity index (χ0) is 17.2. The standard InChI is InChI=1S/C18H25FN2O3/c1-24-16-9-13(8-15(19)10-16)11-20-17(22)21-7-6-18(23)5-3-2-4-14(18)12-21/h8-10,14,23H,2-7,11-12H2,1H3,(H,20,22). The molecule has 2 fully saturated rings. The molecule has 2 N–H and O–H groups in total. The van der Waals surface area contributed by atoms with Gasteiger partial charge in [0.15, 0.2) is 0 Å². The fourth-order valence-electron chi connectivity index (χ4n) is 3.89. The van der Waals surface area contributed by atoms with Gasteiger partial charge >= 0.3 is 6.03 Å². The zero-order valence-corrected chi connectivity index (χ0v) is 14.1. The summed E-state index contributed by atoms with van der Waals surface area (Å²) >= 11 is 0. The second-order valence-electron chi connectivity index (χ2n) is 6.90. The molecule has 2 aliphatic rings. The monoisotopic (exact) mass is 336 g/mol. The topological polar surface area (TPSA) is 61.8 Å². The molecule has 0 aromatic heterocycles. The van der Waals surface area contributed by atoms with Crippen molar-refractivity contribution >= 4 is 6.03 Å². The normalized spacial score (nSPS) is 26.6. The number of halogens is 1. The average molecular weight is 336 g/mol. The van der Waals surface area contributed by atoms with E-state index in [1.54, 1.807) is 11.0 Å². The van der Waals surface area contributed by atoms with E-state index in [-0.39, 0.29) is 24.3 Å². The number of urea groups is 1. The van der Waals surface area contributed by atoms with Crippen LogP contribution in [0, 0.1) is 11.7 Å². The maximum Gasteiger partial charge on any atom is 0.317 e. The number of nitrogens with one attached hydrogen (secondary N) is 1. The van der Waals surface area contributed by atoms with Crippen LogP contribution in [0.15, 0.2) is 18.2 Å². The van der Waals surface area contributed by atoms with Gasteiger partial charge in [0.25, 0.3) is 0 Å². The maximum absolute atomic E-state index is 13.5. The number of hydrogen-bond acceptors (Lipinski definition) is 3. The molecule has 0 bridgehead atoms. The van der Waals surface area contributed by atoms with Gasteiger partial charge in [-0.25, -0.2) is 9.18 Å². The smallest absolute Gasteiger partial charge is 0.317 e. The minimum absolute atomic E-state index is 0.161. The predicted molar refractivity (Wildman–Crippen MR) is 88.3 cm³/mol. The lowest BCUT2D eigenvalue weighted by Crippen LogP contribution is -2.56. The van der Waals surface area contributed by atoms with Crippen molar-refractivity contribution in [3.63, 3.8) is 0 Å². The number of aliphatic hydroxyl groups is 1. The van der Waals surface area contributed by atoms with Crippen LogP contribution in [0.3, 0.4) is 0 Å². The van der Waals surface area contributed by atoms with Crippen molar-refractivity contribution in [3.05, 3.63) is 29.6 Å². The Morgan fingerprint density at radius 1 is 1.42 bits per heavy atom. The summed E-state index contributed by atoms with van der Waals surface area (Å²) in [6.45, 7) is 1.40. The fraction of sp³-hybridized carbons (Fsp3) is 0.611. The van der Waals surface area contributed by atoms with Crippen LogP contribution in [0.1, 0.15) is 37.7 Å². The van der Waals surface area contributed by atoms with Crippen molar-refractivity contribution in [2.75, 3.05) is 20.2 Å². The summed E-state index contributed by atoms with van der Waals surface area (Å²) < 4.78 is 18.5. The number of nitrogens with zero attached hydrogens (tertiary/aromatic N) is 1. The summed E-state index contributed by atoms with van der Waals surface area (Å²) in [6.07, 6.45) is 4.64. The van der Waals surface area contributed by atoms with Crippen molar-refractivity contribution in [3.8, 4) is 5.75 Å². The van der Waals surface area contributed by atoms with Crippen LogP contribution in [-0.2, 0) is 6.54 Å². The lowest BCUT2D eigenvalue weighted by Gasteiger charge is -2.47. The van der Waals surface area contributed by atoms with Crippen LogP contribution < -0.4 is 10.1 Å². The molecule has 2 unspecified atom stereocenters. The van der Waals surface area contributed by atoms with Gasteiger partial charge in [-0.05, 0) is 37.0 Å². The largest absolute Gasteiger partial charge is 0.497 e. The molecule has 24 heavy (non-hydrogen) atoms. The van der Waals surface area contributed by atoms with Crippen molar-refractivity contribution in [1.29, 1.82) is 0 Å². The summed E-state index contributed by atoms with van der Waals surface area (Å²) in [5.74, 6) is 0.216. The number of fused-ring (bicyclic) bond motifs is 1. The molecule has 6 heteroatoms. The molecule has 2 amide bonds. The number of benzene rings is 1. The Hall–Kier alpha value is -1.82. The molecule has 1 saturated carbocycles.